The molecule has 0 saturated carbocycles. The molecule has 0 amide bonds. The van der Waals surface area contributed by atoms with Crippen molar-refractivity contribution in [2.24, 2.45) is 5.41 Å². The van der Waals surface area contributed by atoms with Gasteiger partial charge in [0.2, 0.25) is 0 Å². The molecule has 0 atom stereocenters. The molecule has 55 valence electrons. The normalized spacial score (nSPS) is 12.0. The summed E-state index contributed by atoms with van der Waals surface area (Å²) in [6.07, 6.45) is 1.31. The van der Waals surface area contributed by atoms with E-state index in [9.17, 15) is 0 Å². The molecule has 1 radical (unpaired) electrons. The van der Waals surface area contributed by atoms with E-state index in [0.29, 0.717) is 5.41 Å². The van der Waals surface area contributed by atoms with E-state index in [1.54, 1.807) is 0 Å². The number of hydrogen-bond donors (Lipinski definition) is 0. The smallest absolute Gasteiger partial charge is 0.0135 e. The van der Waals surface area contributed by atoms with Gasteiger partial charge >= 0.3 is 0 Å². The van der Waals surface area contributed by atoms with E-state index in [2.05, 4.69) is 33.4 Å². The molecule has 0 aromatic heterocycles. The molecule has 9 heavy (non-hydrogen) atoms. The molecule has 0 unspecified atom stereocenters. The van der Waals surface area contributed by atoms with Gasteiger partial charge in [-0.05, 0) is 17.6 Å². The monoisotopic (exact) mass is 145 g/mol. The minimum Gasteiger partial charge on any atom is -0.158 e. The fraction of sp³-hybridized carbons (Fsp3) is 0.875. The van der Waals surface area contributed by atoms with Crippen molar-refractivity contribution in [3.8, 4) is 0 Å². The summed E-state index contributed by atoms with van der Waals surface area (Å²) < 4.78 is 0. The first-order chi connectivity index (χ1) is 4.06. The van der Waals surface area contributed by atoms with E-state index in [0.717, 1.165) is 0 Å². The van der Waals surface area contributed by atoms with E-state index in [-0.39, 0.29) is 0 Å². The summed E-state index contributed by atoms with van der Waals surface area (Å²) >= 11 is 1.91. The average Bonchev–Trinajstić information content (AvgIpc) is 1.63. The van der Waals surface area contributed by atoms with Gasteiger partial charge in [-0.2, -0.15) is 11.8 Å². The Morgan fingerprint density at radius 3 is 2.22 bits per heavy atom. The van der Waals surface area contributed by atoms with Gasteiger partial charge in [-0.1, -0.05) is 27.7 Å². The van der Waals surface area contributed by atoms with Crippen molar-refractivity contribution < 1.29 is 0 Å². The zero-order valence-corrected chi connectivity index (χ0v) is 7.72. The Morgan fingerprint density at radius 1 is 1.33 bits per heavy atom. The van der Waals surface area contributed by atoms with Crippen molar-refractivity contribution >= 4 is 11.8 Å². The molecule has 0 rings (SSSR count). The van der Waals surface area contributed by atoms with Crippen LogP contribution in [0.4, 0.5) is 0 Å². The minimum atomic E-state index is 0.510. The number of rotatable bonds is 3. The fourth-order valence-electron chi connectivity index (χ4n) is 0.483. The first-order valence-electron chi connectivity index (χ1n) is 3.46. The van der Waals surface area contributed by atoms with Crippen LogP contribution in [0.25, 0.3) is 0 Å². The van der Waals surface area contributed by atoms with E-state index in [1.807, 2.05) is 11.8 Å². The summed E-state index contributed by atoms with van der Waals surface area (Å²) in [5.74, 6) is 3.42. The second-order valence-electron chi connectivity index (χ2n) is 3.42. The molecule has 0 aliphatic heterocycles. The predicted molar refractivity (Wildman–Crippen MR) is 46.5 cm³/mol. The summed E-state index contributed by atoms with van der Waals surface area (Å²) in [6.45, 7) is 8.93. The molecule has 1 heteroatoms. The summed E-state index contributed by atoms with van der Waals surface area (Å²) in [7, 11) is 0. The molecule has 0 nitrogen and oxygen atoms in total. The Hall–Kier alpha value is 0.350. The van der Waals surface area contributed by atoms with Crippen LogP contribution in [-0.2, 0) is 0 Å². The maximum absolute atomic E-state index is 2.28. The Balaban J connectivity index is 3.07. The van der Waals surface area contributed by atoms with Gasteiger partial charge < -0.3 is 0 Å². The summed E-state index contributed by atoms with van der Waals surface area (Å²) in [6, 6.07) is 0. The van der Waals surface area contributed by atoms with Crippen LogP contribution in [0.5, 0.6) is 0 Å². The van der Waals surface area contributed by atoms with Crippen LogP contribution >= 0.6 is 11.8 Å². The molecule has 0 saturated heterocycles. The molecular formula is C8H17S. The van der Waals surface area contributed by atoms with Crippen LogP contribution in [0, 0.1) is 11.2 Å². The highest BCUT2D eigenvalue weighted by molar-refractivity contribution is 8.01. The van der Waals surface area contributed by atoms with Crippen LogP contribution in [0.2, 0.25) is 0 Å². The summed E-state index contributed by atoms with van der Waals surface area (Å²) in [5.41, 5.74) is 0.510. The first kappa shape index (κ1) is 9.35. The van der Waals surface area contributed by atoms with Crippen molar-refractivity contribution in [3.63, 3.8) is 0 Å². The molecule has 0 N–H and O–H groups in total. The Kier molecular flexibility index (Phi) is 4.37. The highest BCUT2D eigenvalue weighted by Crippen LogP contribution is 2.21. The van der Waals surface area contributed by atoms with Crippen molar-refractivity contribution in [1.82, 2.24) is 0 Å². The highest BCUT2D eigenvalue weighted by Gasteiger charge is 2.08. The third-order valence-electron chi connectivity index (χ3n) is 1.14. The summed E-state index contributed by atoms with van der Waals surface area (Å²) in [5, 5.41) is 0. The van der Waals surface area contributed by atoms with Gasteiger partial charge in [0.15, 0.2) is 0 Å². The van der Waals surface area contributed by atoms with Crippen LogP contribution in [-0.4, -0.2) is 5.75 Å². The summed E-state index contributed by atoms with van der Waals surface area (Å²) in [4.78, 5) is 0. The topological polar surface area (TPSA) is 0 Å². The quantitative estimate of drug-likeness (QED) is 0.549. The van der Waals surface area contributed by atoms with Gasteiger partial charge in [0.1, 0.15) is 0 Å². The lowest BCUT2D eigenvalue weighted by atomic mass is 9.94. The molecule has 0 fully saturated rings. The van der Waals surface area contributed by atoms with Gasteiger partial charge in [0, 0.05) is 5.75 Å². The number of hydrogen-bond acceptors (Lipinski definition) is 1. The maximum atomic E-state index is 2.28. The van der Waals surface area contributed by atoms with Crippen molar-refractivity contribution in [2.45, 2.75) is 34.1 Å². The van der Waals surface area contributed by atoms with Crippen molar-refractivity contribution in [1.29, 1.82) is 0 Å². The van der Waals surface area contributed by atoms with Crippen LogP contribution < -0.4 is 0 Å². The van der Waals surface area contributed by atoms with E-state index in [4.69, 9.17) is 0 Å². The van der Waals surface area contributed by atoms with Gasteiger partial charge in [-0.3, -0.25) is 0 Å². The van der Waals surface area contributed by atoms with Gasteiger partial charge in [-0.15, -0.1) is 0 Å². The largest absolute Gasteiger partial charge is 0.158 e. The van der Waals surface area contributed by atoms with Crippen molar-refractivity contribution in [3.05, 3.63) is 5.75 Å². The SMILES string of the molecule is C[CH]SCCC(C)(C)C. The molecule has 0 aromatic carbocycles. The maximum Gasteiger partial charge on any atom is 0.0135 e. The third kappa shape index (κ3) is 8.35. The molecule has 0 aromatic rings. The Morgan fingerprint density at radius 2 is 1.89 bits per heavy atom. The van der Waals surface area contributed by atoms with E-state index < -0.39 is 0 Å². The first-order valence-corrected chi connectivity index (χ1v) is 4.50. The standard InChI is InChI=1S/C8H17S/c1-5-9-7-6-8(2,3)4/h5H,6-7H2,1-4H3. The molecule has 0 bridgehead atoms. The van der Waals surface area contributed by atoms with Gasteiger partial charge in [0.05, 0.1) is 0 Å². The minimum absolute atomic E-state index is 0.510. The molecule has 0 aliphatic carbocycles. The Labute approximate surface area is 63.4 Å². The second kappa shape index (κ2) is 4.21. The Bertz CT molecular complexity index is 61.5. The second-order valence-corrected chi connectivity index (χ2v) is 4.63. The predicted octanol–water partition coefficient (Wildman–Crippen LogP) is 3.34. The van der Waals surface area contributed by atoms with Gasteiger partial charge in [-0.25, -0.2) is 0 Å². The van der Waals surface area contributed by atoms with E-state index in [1.165, 1.54) is 12.2 Å². The number of thioether (sulfide) groups is 1. The fourth-order valence-corrected chi connectivity index (χ4v) is 1.45. The lowest BCUT2D eigenvalue weighted by Gasteiger charge is -2.16. The van der Waals surface area contributed by atoms with Crippen molar-refractivity contribution in [2.75, 3.05) is 5.75 Å². The lowest BCUT2D eigenvalue weighted by Crippen LogP contribution is -2.05. The van der Waals surface area contributed by atoms with Crippen LogP contribution in [0.3, 0.4) is 0 Å². The molecule has 0 aliphatic rings. The highest BCUT2D eigenvalue weighted by atomic mass is 32.2. The zero-order chi connectivity index (χ0) is 7.33. The van der Waals surface area contributed by atoms with Gasteiger partial charge in [0.25, 0.3) is 0 Å². The molecular weight excluding hydrogens is 128 g/mol. The average molecular weight is 145 g/mol. The zero-order valence-electron chi connectivity index (χ0n) is 6.90. The lowest BCUT2D eigenvalue weighted by molar-refractivity contribution is 0.401. The van der Waals surface area contributed by atoms with Crippen LogP contribution in [0.1, 0.15) is 34.1 Å². The third-order valence-corrected chi connectivity index (χ3v) is 1.91. The van der Waals surface area contributed by atoms with Crippen LogP contribution in [0.15, 0.2) is 0 Å². The molecule has 0 spiro atoms. The van der Waals surface area contributed by atoms with E-state index >= 15 is 0 Å². The molecule has 0 heterocycles.